The third-order valence-electron chi connectivity index (χ3n) is 8.22. The van der Waals surface area contributed by atoms with Crippen LogP contribution in [-0.2, 0) is 24.7 Å². The second-order valence-electron chi connectivity index (χ2n) is 12.7. The minimum Gasteiger partial charge on any atom is -0.493 e. The van der Waals surface area contributed by atoms with Gasteiger partial charge in [0.1, 0.15) is 22.1 Å². The van der Waals surface area contributed by atoms with Crippen molar-refractivity contribution in [3.05, 3.63) is 83.6 Å². The highest BCUT2D eigenvalue weighted by molar-refractivity contribution is 7.22. The Kier molecular flexibility index (Phi) is 7.12. The Morgan fingerprint density at radius 1 is 1.07 bits per heavy atom. The number of aliphatic carboxylic acids is 1. The molecule has 45 heavy (non-hydrogen) atoms. The second kappa shape index (κ2) is 11.0. The van der Waals surface area contributed by atoms with Crippen LogP contribution in [0.1, 0.15) is 43.9 Å². The molecule has 0 amide bonds. The van der Waals surface area contributed by atoms with E-state index in [1.807, 2.05) is 57.8 Å². The Morgan fingerprint density at radius 2 is 1.87 bits per heavy atom. The number of nitrogens with zero attached hydrogens (tertiary/aromatic N) is 3. The molecule has 6 aromatic rings. The first-order chi connectivity index (χ1) is 21.5. The van der Waals surface area contributed by atoms with E-state index in [2.05, 4.69) is 53.6 Å². The lowest BCUT2D eigenvalue weighted by Gasteiger charge is -2.27. The molecule has 0 aliphatic carbocycles. The van der Waals surface area contributed by atoms with Crippen LogP contribution in [0.15, 0.2) is 66.9 Å². The van der Waals surface area contributed by atoms with Crippen LogP contribution in [-0.4, -0.2) is 38.0 Å². The molecular weight excluding hydrogens is 582 g/mol. The number of carboxylic acid groups (broad SMARTS) is 1. The molecular formula is C37H35N3O4S. The van der Waals surface area contributed by atoms with Gasteiger partial charge < -0.3 is 14.6 Å². The number of aryl methyl sites for hydroxylation is 3. The molecule has 0 bridgehead atoms. The highest BCUT2D eigenvalue weighted by atomic mass is 32.1. The maximum atomic E-state index is 12.2. The Morgan fingerprint density at radius 3 is 2.67 bits per heavy atom. The summed E-state index contributed by atoms with van der Waals surface area (Å²) in [4.78, 5) is 17.3. The molecule has 228 valence electrons. The van der Waals surface area contributed by atoms with Crippen LogP contribution < -0.4 is 9.47 Å². The number of benzene rings is 4. The van der Waals surface area contributed by atoms with E-state index in [4.69, 9.17) is 14.5 Å². The van der Waals surface area contributed by atoms with Crippen molar-refractivity contribution in [3.63, 3.8) is 0 Å². The van der Waals surface area contributed by atoms with Gasteiger partial charge in [-0.25, -0.2) is 4.98 Å². The molecule has 0 atom stereocenters. The third kappa shape index (κ3) is 5.55. The summed E-state index contributed by atoms with van der Waals surface area (Å²) in [5.41, 5.74) is 9.21. The van der Waals surface area contributed by atoms with Crippen molar-refractivity contribution in [2.45, 2.75) is 52.6 Å². The second-order valence-corrected chi connectivity index (χ2v) is 13.7. The molecule has 1 aliphatic heterocycles. The topological polar surface area (TPSA) is 86.5 Å². The molecule has 0 radical (unpaired) electrons. The molecule has 0 unspecified atom stereocenters. The van der Waals surface area contributed by atoms with E-state index in [1.165, 1.54) is 0 Å². The molecule has 8 heteroatoms. The Hall–Kier alpha value is -4.69. The van der Waals surface area contributed by atoms with Gasteiger partial charge in [-0.2, -0.15) is 5.10 Å². The number of fused-ring (bicyclic) bond motifs is 3. The summed E-state index contributed by atoms with van der Waals surface area (Å²) in [6, 6.07) is 21.0. The van der Waals surface area contributed by atoms with E-state index in [9.17, 15) is 9.90 Å². The highest BCUT2D eigenvalue weighted by Gasteiger charge is 2.26. The van der Waals surface area contributed by atoms with Crippen molar-refractivity contribution in [1.82, 2.24) is 14.8 Å². The summed E-state index contributed by atoms with van der Waals surface area (Å²) >= 11 is 1.59. The van der Waals surface area contributed by atoms with Crippen LogP contribution in [0.25, 0.3) is 53.9 Å². The maximum absolute atomic E-state index is 12.2. The van der Waals surface area contributed by atoms with Crippen molar-refractivity contribution < 1.29 is 19.4 Å². The summed E-state index contributed by atoms with van der Waals surface area (Å²) in [6.07, 6.45) is 3.62. The van der Waals surface area contributed by atoms with Crippen LogP contribution in [0.5, 0.6) is 11.5 Å². The number of aromatic nitrogens is 3. The molecule has 0 fully saturated rings. The molecule has 3 heterocycles. The number of rotatable bonds is 6. The number of thiazole rings is 1. The van der Waals surface area contributed by atoms with E-state index >= 15 is 0 Å². The normalized spacial score (nSPS) is 13.2. The van der Waals surface area contributed by atoms with Crippen molar-refractivity contribution in [2.24, 2.45) is 7.05 Å². The van der Waals surface area contributed by atoms with Gasteiger partial charge in [0.25, 0.3) is 0 Å². The molecule has 4 aromatic carbocycles. The van der Waals surface area contributed by atoms with Gasteiger partial charge in [-0.3, -0.25) is 9.48 Å². The van der Waals surface area contributed by atoms with Crippen LogP contribution in [0.3, 0.4) is 0 Å². The molecule has 1 N–H and O–H groups in total. The van der Waals surface area contributed by atoms with E-state index < -0.39 is 11.6 Å². The monoisotopic (exact) mass is 617 g/mol. The molecule has 0 spiro atoms. The van der Waals surface area contributed by atoms with Crippen molar-refractivity contribution >= 4 is 38.4 Å². The Labute approximate surface area is 266 Å². The Balaban J connectivity index is 1.42. The molecule has 2 aromatic heterocycles. The largest absolute Gasteiger partial charge is 0.493 e. The van der Waals surface area contributed by atoms with E-state index in [0.29, 0.717) is 12.4 Å². The fourth-order valence-electron chi connectivity index (χ4n) is 6.19. The first kappa shape index (κ1) is 29.0. The zero-order valence-electron chi connectivity index (χ0n) is 26.1. The van der Waals surface area contributed by atoms with Crippen LogP contribution in [0, 0.1) is 6.92 Å². The summed E-state index contributed by atoms with van der Waals surface area (Å²) in [5.74, 6) is 0.643. The van der Waals surface area contributed by atoms with E-state index in [0.717, 1.165) is 89.2 Å². The van der Waals surface area contributed by atoms with Gasteiger partial charge in [-0.15, -0.1) is 11.3 Å². The minimum absolute atomic E-state index is 0.0980. The Bertz CT molecular complexity index is 2120. The third-order valence-corrected chi connectivity index (χ3v) is 9.36. The summed E-state index contributed by atoms with van der Waals surface area (Å²) in [5, 5.41) is 16.4. The summed E-state index contributed by atoms with van der Waals surface area (Å²) in [7, 11) is 1.95. The lowest BCUT2D eigenvalue weighted by atomic mass is 9.90. The molecule has 1 aliphatic rings. The first-order valence-corrected chi connectivity index (χ1v) is 16.0. The van der Waals surface area contributed by atoms with Crippen molar-refractivity contribution in [3.8, 4) is 44.3 Å². The van der Waals surface area contributed by atoms with Crippen molar-refractivity contribution in [2.75, 3.05) is 6.61 Å². The molecule has 7 nitrogen and oxygen atoms in total. The van der Waals surface area contributed by atoms with Crippen molar-refractivity contribution in [1.29, 1.82) is 0 Å². The van der Waals surface area contributed by atoms with E-state index in [1.54, 1.807) is 11.3 Å². The lowest BCUT2D eigenvalue weighted by molar-refractivity contribution is -0.136. The summed E-state index contributed by atoms with van der Waals surface area (Å²) < 4.78 is 15.4. The van der Waals surface area contributed by atoms with Gasteiger partial charge in [0.15, 0.2) is 0 Å². The number of carbonyl (C=O) groups is 1. The van der Waals surface area contributed by atoms with Gasteiger partial charge in [0, 0.05) is 35.2 Å². The van der Waals surface area contributed by atoms with Gasteiger partial charge in [0.05, 0.1) is 35.0 Å². The van der Waals surface area contributed by atoms with Crippen LogP contribution >= 0.6 is 11.3 Å². The zero-order valence-corrected chi connectivity index (χ0v) is 26.9. The first-order valence-electron chi connectivity index (χ1n) is 15.2. The van der Waals surface area contributed by atoms with Crippen LogP contribution in [0.2, 0.25) is 0 Å². The lowest BCUT2D eigenvalue weighted by Crippen LogP contribution is -2.23. The van der Waals surface area contributed by atoms with Gasteiger partial charge >= 0.3 is 5.97 Å². The number of hydrogen-bond acceptors (Lipinski definition) is 6. The van der Waals surface area contributed by atoms with Gasteiger partial charge in [-0.1, -0.05) is 24.3 Å². The fourth-order valence-corrected chi connectivity index (χ4v) is 7.31. The predicted molar refractivity (Wildman–Crippen MR) is 180 cm³/mol. The average Bonchev–Trinajstić information content (AvgIpc) is 3.59. The maximum Gasteiger partial charge on any atom is 0.307 e. The van der Waals surface area contributed by atoms with Crippen LogP contribution in [0.4, 0.5) is 0 Å². The number of ether oxygens (including phenoxy) is 2. The standard InChI is InChI=1S/C37H35N3O4S/c1-21-14-29-35(45-36(39-29)25-9-6-8-22(15-25)23-11-12-30-26(16-23)20-38-40(30)5)34(27(21)18-33(41)42)28-17-24-10-7-13-43-31(24)19-32(28)44-37(2,3)4/h6,8-9,11-12,14-17,19-20H,7,10,13,18H2,1-5H3,(H,41,42). The fraction of sp³-hybridized carbons (Fsp3) is 0.270. The van der Waals surface area contributed by atoms with Gasteiger partial charge in [-0.05, 0) is 98.7 Å². The molecule has 0 saturated carbocycles. The summed E-state index contributed by atoms with van der Waals surface area (Å²) in [6.45, 7) is 8.70. The molecule has 7 rings (SSSR count). The molecule has 0 saturated heterocycles. The number of hydrogen-bond donors (Lipinski definition) is 1. The zero-order chi connectivity index (χ0) is 31.5. The SMILES string of the molecule is Cc1cc2nc(-c3cccc(-c4ccc5c(cnn5C)c4)c3)sc2c(-c2cc3c(cc2OC(C)(C)C)OCCC3)c1CC(=O)O. The average molecular weight is 618 g/mol. The predicted octanol–water partition coefficient (Wildman–Crippen LogP) is 8.62. The van der Waals surface area contributed by atoms with Gasteiger partial charge in [0.2, 0.25) is 0 Å². The number of carboxylic acids is 1. The van der Waals surface area contributed by atoms with E-state index in [-0.39, 0.29) is 6.42 Å². The minimum atomic E-state index is -0.874. The smallest absolute Gasteiger partial charge is 0.307 e. The quantitative estimate of drug-likeness (QED) is 0.201. The highest BCUT2D eigenvalue weighted by Crippen LogP contribution is 2.47.